The Morgan fingerprint density at radius 1 is 0.889 bits per heavy atom. The van der Waals surface area contributed by atoms with E-state index in [-0.39, 0.29) is 0 Å². The lowest BCUT2D eigenvalue weighted by Crippen LogP contribution is -1.83. The third-order valence-corrected chi connectivity index (χ3v) is 4.42. The first-order valence-electron chi connectivity index (χ1n) is 7.69. The molecule has 0 radical (unpaired) electrons. The normalized spacial score (nSPS) is 10.9. The number of rotatable bonds is 12. The zero-order valence-electron chi connectivity index (χ0n) is 11.9. The number of aromatic nitrogens is 1. The van der Waals surface area contributed by atoms with E-state index in [4.69, 9.17) is 0 Å². The van der Waals surface area contributed by atoms with Crippen LogP contribution in [0.4, 0.5) is 0 Å². The Morgan fingerprint density at radius 3 is 2.06 bits per heavy atom. The molecule has 18 heavy (non-hydrogen) atoms. The summed E-state index contributed by atoms with van der Waals surface area (Å²) in [5.41, 5.74) is 0. The molecule has 104 valence electrons. The summed E-state index contributed by atoms with van der Waals surface area (Å²) in [7, 11) is 0. The van der Waals surface area contributed by atoms with Crippen LogP contribution in [-0.4, -0.2) is 10.7 Å². The maximum atomic E-state index is 3.10. The predicted molar refractivity (Wildman–Crippen MR) is 83.4 cm³/mol. The van der Waals surface area contributed by atoms with Crippen LogP contribution in [0, 0.1) is 0 Å². The van der Waals surface area contributed by atoms with Gasteiger partial charge in [0, 0.05) is 17.3 Å². The molecule has 1 heterocycles. The number of aromatic amines is 1. The average Bonchev–Trinajstić information content (AvgIpc) is 2.89. The molecule has 0 aliphatic rings. The highest BCUT2D eigenvalue weighted by atomic mass is 32.2. The van der Waals surface area contributed by atoms with Gasteiger partial charge in [-0.25, -0.2) is 0 Å². The molecule has 0 aliphatic heterocycles. The number of hydrogen-bond acceptors (Lipinski definition) is 1. The highest BCUT2D eigenvalue weighted by Crippen LogP contribution is 2.19. The van der Waals surface area contributed by atoms with E-state index in [1.54, 1.807) is 0 Å². The second kappa shape index (κ2) is 11.7. The molecule has 0 spiro atoms. The summed E-state index contributed by atoms with van der Waals surface area (Å²) in [4.78, 5) is 4.48. The van der Waals surface area contributed by atoms with Gasteiger partial charge in [-0.1, -0.05) is 64.7 Å². The van der Waals surface area contributed by atoms with Crippen LogP contribution < -0.4 is 0 Å². The monoisotopic (exact) mass is 267 g/mol. The summed E-state index contributed by atoms with van der Waals surface area (Å²) >= 11 is 1.97. The van der Waals surface area contributed by atoms with Crippen molar-refractivity contribution < 1.29 is 0 Å². The van der Waals surface area contributed by atoms with Crippen molar-refractivity contribution in [2.45, 2.75) is 76.0 Å². The number of hydrogen-bond donors (Lipinski definition) is 1. The molecule has 2 heteroatoms. The summed E-state index contributed by atoms with van der Waals surface area (Å²) < 4.78 is 0. The standard InChI is InChI=1S/C16H29NS/c1-2-3-4-5-6-7-8-9-10-11-14-18-16-12-13-17-15-16/h12-13,15,17H,2-11,14H2,1H3. The largest absolute Gasteiger partial charge is 0.367 e. The molecule has 0 atom stereocenters. The molecule has 0 aliphatic carbocycles. The van der Waals surface area contributed by atoms with E-state index >= 15 is 0 Å². The topological polar surface area (TPSA) is 15.8 Å². The van der Waals surface area contributed by atoms with Crippen molar-refractivity contribution in [2.75, 3.05) is 5.75 Å². The van der Waals surface area contributed by atoms with Gasteiger partial charge in [-0.3, -0.25) is 0 Å². The van der Waals surface area contributed by atoms with Gasteiger partial charge in [-0.15, -0.1) is 11.8 Å². The van der Waals surface area contributed by atoms with E-state index in [1.165, 1.54) is 74.9 Å². The Balaban J connectivity index is 1.73. The van der Waals surface area contributed by atoms with E-state index in [1.807, 2.05) is 18.0 Å². The van der Waals surface area contributed by atoms with Crippen LogP contribution in [0.25, 0.3) is 0 Å². The lowest BCUT2D eigenvalue weighted by Gasteiger charge is -2.02. The van der Waals surface area contributed by atoms with Crippen molar-refractivity contribution in [2.24, 2.45) is 0 Å². The zero-order valence-corrected chi connectivity index (χ0v) is 12.7. The molecule has 1 aromatic heterocycles. The molecule has 0 saturated carbocycles. The first-order chi connectivity index (χ1) is 8.93. The Bertz CT molecular complexity index is 256. The van der Waals surface area contributed by atoms with Gasteiger partial charge in [0.2, 0.25) is 0 Å². The Morgan fingerprint density at radius 2 is 1.50 bits per heavy atom. The second-order valence-electron chi connectivity index (χ2n) is 5.08. The van der Waals surface area contributed by atoms with Crippen molar-refractivity contribution in [3.8, 4) is 0 Å². The molecular formula is C16H29NS. The molecule has 1 aromatic rings. The summed E-state index contributed by atoms with van der Waals surface area (Å²) in [5.74, 6) is 1.27. The van der Waals surface area contributed by atoms with Crippen LogP contribution in [0.5, 0.6) is 0 Å². The van der Waals surface area contributed by atoms with Crippen LogP contribution >= 0.6 is 11.8 Å². The maximum Gasteiger partial charge on any atom is 0.0246 e. The lowest BCUT2D eigenvalue weighted by atomic mass is 10.1. The van der Waals surface area contributed by atoms with Gasteiger partial charge < -0.3 is 4.98 Å². The predicted octanol–water partition coefficient (Wildman–Crippen LogP) is 6.03. The summed E-state index contributed by atoms with van der Waals surface area (Å²) in [5, 5.41) is 0. The molecule has 1 nitrogen and oxygen atoms in total. The molecule has 0 unspecified atom stereocenters. The SMILES string of the molecule is CCCCCCCCCCCCSc1cc[nH]c1. The first-order valence-corrected chi connectivity index (χ1v) is 8.67. The first kappa shape index (κ1) is 15.7. The van der Waals surface area contributed by atoms with E-state index in [9.17, 15) is 0 Å². The summed E-state index contributed by atoms with van der Waals surface area (Å²) in [6.45, 7) is 2.28. The number of H-pyrrole nitrogens is 1. The van der Waals surface area contributed by atoms with Crippen molar-refractivity contribution in [3.05, 3.63) is 18.5 Å². The molecule has 0 amide bonds. The van der Waals surface area contributed by atoms with Gasteiger partial charge in [0.25, 0.3) is 0 Å². The molecular weight excluding hydrogens is 238 g/mol. The van der Waals surface area contributed by atoms with Crippen molar-refractivity contribution >= 4 is 11.8 Å². The Hall–Kier alpha value is -0.370. The number of nitrogens with one attached hydrogen (secondary N) is 1. The van der Waals surface area contributed by atoms with Gasteiger partial charge >= 0.3 is 0 Å². The van der Waals surface area contributed by atoms with E-state index in [2.05, 4.69) is 24.2 Å². The highest BCUT2D eigenvalue weighted by Gasteiger charge is 1.95. The maximum absolute atomic E-state index is 3.10. The molecule has 0 bridgehead atoms. The van der Waals surface area contributed by atoms with Gasteiger partial charge in [0.1, 0.15) is 0 Å². The van der Waals surface area contributed by atoms with Crippen LogP contribution in [0.1, 0.15) is 71.1 Å². The molecule has 0 aromatic carbocycles. The fourth-order valence-electron chi connectivity index (χ4n) is 2.18. The van der Waals surface area contributed by atoms with Crippen LogP contribution in [-0.2, 0) is 0 Å². The minimum atomic E-state index is 1.27. The fraction of sp³-hybridized carbons (Fsp3) is 0.750. The Labute approximate surface area is 117 Å². The van der Waals surface area contributed by atoms with Gasteiger partial charge in [0.05, 0.1) is 0 Å². The van der Waals surface area contributed by atoms with Crippen molar-refractivity contribution in [1.29, 1.82) is 0 Å². The molecule has 1 rings (SSSR count). The highest BCUT2D eigenvalue weighted by molar-refractivity contribution is 7.99. The van der Waals surface area contributed by atoms with Gasteiger partial charge in [-0.05, 0) is 18.2 Å². The molecule has 0 saturated heterocycles. The zero-order chi connectivity index (χ0) is 12.9. The quantitative estimate of drug-likeness (QED) is 0.361. The van der Waals surface area contributed by atoms with E-state index < -0.39 is 0 Å². The van der Waals surface area contributed by atoms with Crippen LogP contribution in [0.2, 0.25) is 0 Å². The third-order valence-electron chi connectivity index (χ3n) is 3.34. The molecule has 1 N–H and O–H groups in total. The van der Waals surface area contributed by atoms with Crippen molar-refractivity contribution in [3.63, 3.8) is 0 Å². The van der Waals surface area contributed by atoms with Crippen LogP contribution in [0.15, 0.2) is 23.4 Å². The lowest BCUT2D eigenvalue weighted by molar-refractivity contribution is 0.563. The number of unbranched alkanes of at least 4 members (excludes halogenated alkanes) is 9. The van der Waals surface area contributed by atoms with Gasteiger partial charge in [0.15, 0.2) is 0 Å². The smallest absolute Gasteiger partial charge is 0.0246 e. The average molecular weight is 267 g/mol. The summed E-state index contributed by atoms with van der Waals surface area (Å²) in [6, 6.07) is 2.15. The Kier molecular flexibility index (Phi) is 10.2. The third kappa shape index (κ3) is 8.68. The fourth-order valence-corrected chi connectivity index (χ4v) is 3.08. The second-order valence-corrected chi connectivity index (χ2v) is 6.25. The molecule has 0 fully saturated rings. The van der Waals surface area contributed by atoms with Gasteiger partial charge in [-0.2, -0.15) is 0 Å². The van der Waals surface area contributed by atoms with E-state index in [0.717, 1.165) is 0 Å². The minimum Gasteiger partial charge on any atom is -0.367 e. The summed E-state index contributed by atoms with van der Waals surface area (Å²) in [6.07, 6.45) is 18.3. The minimum absolute atomic E-state index is 1.27. The van der Waals surface area contributed by atoms with Crippen LogP contribution in [0.3, 0.4) is 0 Å². The van der Waals surface area contributed by atoms with Crippen molar-refractivity contribution in [1.82, 2.24) is 4.98 Å². The van der Waals surface area contributed by atoms with E-state index in [0.29, 0.717) is 0 Å². The number of thioether (sulfide) groups is 1.